The molecule has 0 saturated heterocycles. The SMILES string of the molecule is O=C(NCC(=O)N(c1cccc(F)c1)[C@H](C(=O)NC1CCCC1)c1ccccc1)c1cccs1. The zero-order chi connectivity index (χ0) is 23.9. The van der Waals surface area contributed by atoms with Gasteiger partial charge in [-0.2, -0.15) is 0 Å². The summed E-state index contributed by atoms with van der Waals surface area (Å²) in [4.78, 5) is 41.2. The third kappa shape index (κ3) is 5.69. The summed E-state index contributed by atoms with van der Waals surface area (Å²) >= 11 is 1.26. The lowest BCUT2D eigenvalue weighted by Gasteiger charge is -2.32. The Hall–Kier alpha value is -3.52. The average molecular weight is 480 g/mol. The van der Waals surface area contributed by atoms with Crippen molar-refractivity contribution < 1.29 is 18.8 Å². The first-order valence-corrected chi connectivity index (χ1v) is 12.2. The second kappa shape index (κ2) is 11.1. The molecule has 0 unspecified atom stereocenters. The molecule has 1 atom stereocenters. The summed E-state index contributed by atoms with van der Waals surface area (Å²) < 4.78 is 14.2. The Bertz CT molecular complexity index is 1130. The van der Waals surface area contributed by atoms with Gasteiger partial charge in [-0.15, -0.1) is 11.3 Å². The van der Waals surface area contributed by atoms with Gasteiger partial charge in [0, 0.05) is 11.7 Å². The highest BCUT2D eigenvalue weighted by Gasteiger charge is 2.34. The minimum atomic E-state index is -1.02. The molecule has 2 N–H and O–H groups in total. The van der Waals surface area contributed by atoms with Crippen LogP contribution < -0.4 is 15.5 Å². The van der Waals surface area contributed by atoms with Gasteiger partial charge < -0.3 is 10.6 Å². The molecule has 0 spiro atoms. The number of thiophene rings is 1. The Morgan fingerprint density at radius 3 is 2.44 bits per heavy atom. The van der Waals surface area contributed by atoms with Gasteiger partial charge in [-0.05, 0) is 48.1 Å². The topological polar surface area (TPSA) is 78.5 Å². The number of nitrogens with one attached hydrogen (secondary N) is 2. The van der Waals surface area contributed by atoms with Crippen molar-refractivity contribution in [3.05, 3.63) is 88.4 Å². The van der Waals surface area contributed by atoms with Crippen molar-refractivity contribution in [1.29, 1.82) is 0 Å². The van der Waals surface area contributed by atoms with Gasteiger partial charge in [0.2, 0.25) is 11.8 Å². The molecule has 34 heavy (non-hydrogen) atoms. The van der Waals surface area contributed by atoms with E-state index in [0.717, 1.165) is 25.7 Å². The van der Waals surface area contributed by atoms with E-state index >= 15 is 0 Å². The summed E-state index contributed by atoms with van der Waals surface area (Å²) in [5, 5.41) is 7.47. The number of benzene rings is 2. The van der Waals surface area contributed by atoms with E-state index in [2.05, 4.69) is 10.6 Å². The second-order valence-corrected chi connectivity index (χ2v) is 9.15. The number of nitrogens with zero attached hydrogens (tertiary/aromatic N) is 1. The number of halogens is 1. The maximum absolute atomic E-state index is 14.2. The molecule has 0 bridgehead atoms. The van der Waals surface area contributed by atoms with Gasteiger partial charge in [-0.1, -0.05) is 55.3 Å². The third-order valence-electron chi connectivity index (χ3n) is 5.82. The van der Waals surface area contributed by atoms with Crippen LogP contribution >= 0.6 is 11.3 Å². The summed E-state index contributed by atoms with van der Waals surface area (Å²) in [7, 11) is 0. The number of carbonyl (C=O) groups is 3. The molecule has 1 saturated carbocycles. The quantitative estimate of drug-likeness (QED) is 0.501. The van der Waals surface area contributed by atoms with Crippen LogP contribution in [0.3, 0.4) is 0 Å². The average Bonchev–Trinajstić information content (AvgIpc) is 3.56. The van der Waals surface area contributed by atoms with Crippen LogP contribution in [-0.4, -0.2) is 30.3 Å². The molecule has 1 heterocycles. The van der Waals surface area contributed by atoms with Crippen molar-refractivity contribution in [2.24, 2.45) is 0 Å². The van der Waals surface area contributed by atoms with E-state index in [0.29, 0.717) is 10.4 Å². The highest BCUT2D eigenvalue weighted by atomic mass is 32.1. The van der Waals surface area contributed by atoms with Gasteiger partial charge >= 0.3 is 0 Å². The van der Waals surface area contributed by atoms with Crippen molar-refractivity contribution >= 4 is 34.7 Å². The Labute approximate surface area is 201 Å². The molecule has 1 aliphatic rings. The normalized spacial score (nSPS) is 14.4. The lowest BCUT2D eigenvalue weighted by Crippen LogP contribution is -2.49. The second-order valence-electron chi connectivity index (χ2n) is 8.21. The fourth-order valence-electron chi connectivity index (χ4n) is 4.20. The Morgan fingerprint density at radius 1 is 1.00 bits per heavy atom. The molecule has 0 aliphatic heterocycles. The summed E-state index contributed by atoms with van der Waals surface area (Å²) in [6, 6.07) is 16.9. The predicted molar refractivity (Wildman–Crippen MR) is 130 cm³/mol. The molecular formula is C26H26FN3O3S. The van der Waals surface area contributed by atoms with Gasteiger partial charge in [-0.3, -0.25) is 19.3 Å². The van der Waals surface area contributed by atoms with Crippen LogP contribution in [-0.2, 0) is 9.59 Å². The van der Waals surface area contributed by atoms with Gasteiger partial charge in [0.25, 0.3) is 5.91 Å². The standard InChI is InChI=1S/C26H26FN3O3S/c27-19-10-6-13-21(16-19)30(23(31)17-28-25(32)22-14-7-15-34-22)24(18-8-2-1-3-9-18)26(33)29-20-11-4-5-12-20/h1-3,6-10,13-16,20,24H,4-5,11-12,17H2,(H,28,32)(H,29,33)/t24-/m0/s1. The lowest BCUT2D eigenvalue weighted by molar-refractivity contribution is -0.126. The summed E-state index contributed by atoms with van der Waals surface area (Å²) in [5.41, 5.74) is 0.839. The van der Waals surface area contributed by atoms with Gasteiger partial charge in [0.15, 0.2) is 0 Å². The van der Waals surface area contributed by atoms with Crippen molar-refractivity contribution in [3.8, 4) is 0 Å². The number of rotatable bonds is 8. The fraction of sp³-hybridized carbons (Fsp3) is 0.269. The Balaban J connectivity index is 1.66. The predicted octanol–water partition coefficient (Wildman–Crippen LogP) is 4.45. The molecule has 1 aromatic heterocycles. The largest absolute Gasteiger partial charge is 0.351 e. The van der Waals surface area contributed by atoms with E-state index in [-0.39, 0.29) is 30.1 Å². The number of amides is 3. The lowest BCUT2D eigenvalue weighted by atomic mass is 10.0. The summed E-state index contributed by atoms with van der Waals surface area (Å²) in [6.45, 7) is -0.340. The van der Waals surface area contributed by atoms with Crippen molar-refractivity contribution in [2.75, 3.05) is 11.4 Å². The van der Waals surface area contributed by atoms with Gasteiger partial charge in [-0.25, -0.2) is 4.39 Å². The molecule has 8 heteroatoms. The van der Waals surface area contributed by atoms with Crippen LogP contribution in [0.15, 0.2) is 72.1 Å². The molecule has 176 valence electrons. The zero-order valence-corrected chi connectivity index (χ0v) is 19.4. The van der Waals surface area contributed by atoms with Crippen LogP contribution in [0.1, 0.15) is 47.0 Å². The number of hydrogen-bond acceptors (Lipinski definition) is 4. The van der Waals surface area contributed by atoms with Crippen LogP contribution in [0.25, 0.3) is 0 Å². The molecule has 1 aliphatic carbocycles. The monoisotopic (exact) mass is 479 g/mol. The van der Waals surface area contributed by atoms with Crippen molar-refractivity contribution in [1.82, 2.24) is 10.6 Å². The van der Waals surface area contributed by atoms with E-state index < -0.39 is 17.8 Å². The molecule has 0 radical (unpaired) electrons. The van der Waals surface area contributed by atoms with Gasteiger partial charge in [0.05, 0.1) is 11.4 Å². The molecule has 2 aromatic carbocycles. The third-order valence-corrected chi connectivity index (χ3v) is 6.69. The fourth-order valence-corrected chi connectivity index (χ4v) is 4.84. The number of anilines is 1. The van der Waals surface area contributed by atoms with Gasteiger partial charge in [0.1, 0.15) is 11.9 Å². The van der Waals surface area contributed by atoms with Crippen LogP contribution in [0, 0.1) is 5.82 Å². The molecule has 6 nitrogen and oxygen atoms in total. The summed E-state index contributed by atoms with van der Waals surface area (Å²) in [5.74, 6) is -1.76. The smallest absolute Gasteiger partial charge is 0.261 e. The maximum atomic E-state index is 14.2. The Kier molecular flexibility index (Phi) is 7.69. The first kappa shape index (κ1) is 23.6. The highest BCUT2D eigenvalue weighted by molar-refractivity contribution is 7.12. The first-order chi connectivity index (χ1) is 16.5. The van der Waals surface area contributed by atoms with E-state index in [1.54, 1.807) is 47.8 Å². The molecular weight excluding hydrogens is 453 g/mol. The van der Waals surface area contributed by atoms with Crippen LogP contribution in [0.2, 0.25) is 0 Å². The molecule has 4 rings (SSSR count). The minimum Gasteiger partial charge on any atom is -0.351 e. The van der Waals surface area contributed by atoms with E-state index in [9.17, 15) is 18.8 Å². The van der Waals surface area contributed by atoms with E-state index in [1.807, 2.05) is 6.07 Å². The first-order valence-electron chi connectivity index (χ1n) is 11.3. The number of carbonyl (C=O) groups excluding carboxylic acids is 3. The van der Waals surface area contributed by atoms with E-state index in [1.165, 1.54) is 34.4 Å². The summed E-state index contributed by atoms with van der Waals surface area (Å²) in [6.07, 6.45) is 3.86. The van der Waals surface area contributed by atoms with Crippen LogP contribution in [0.5, 0.6) is 0 Å². The van der Waals surface area contributed by atoms with Crippen molar-refractivity contribution in [3.63, 3.8) is 0 Å². The molecule has 3 aromatic rings. The highest BCUT2D eigenvalue weighted by Crippen LogP contribution is 2.29. The minimum absolute atomic E-state index is 0.0432. The van der Waals surface area contributed by atoms with Crippen LogP contribution in [0.4, 0.5) is 10.1 Å². The Morgan fingerprint density at radius 2 is 1.76 bits per heavy atom. The molecule has 3 amide bonds. The maximum Gasteiger partial charge on any atom is 0.261 e. The number of hydrogen-bond donors (Lipinski definition) is 2. The molecule has 1 fully saturated rings. The van der Waals surface area contributed by atoms with E-state index in [4.69, 9.17) is 0 Å². The zero-order valence-electron chi connectivity index (χ0n) is 18.6. The van der Waals surface area contributed by atoms with Crippen molar-refractivity contribution in [2.45, 2.75) is 37.8 Å².